The first-order valence-electron chi connectivity index (χ1n) is 12.5. The van der Waals surface area contributed by atoms with Crippen molar-refractivity contribution in [2.24, 2.45) is 0 Å². The number of hydrogen-bond donors (Lipinski definition) is 3. The van der Waals surface area contributed by atoms with Gasteiger partial charge in [0.25, 0.3) is 5.91 Å². The maximum atomic E-state index is 13.1. The molecular weight excluding hydrogens is 510 g/mol. The van der Waals surface area contributed by atoms with Gasteiger partial charge in [-0.25, -0.2) is 9.69 Å². The quantitative estimate of drug-likeness (QED) is 0.231. The molecule has 0 saturated carbocycles. The Hall–Kier alpha value is -5.38. The van der Waals surface area contributed by atoms with Crippen LogP contribution in [-0.4, -0.2) is 46.9 Å². The molecule has 1 saturated heterocycles. The Morgan fingerprint density at radius 1 is 0.925 bits per heavy atom. The lowest BCUT2D eigenvalue weighted by Gasteiger charge is -2.13. The van der Waals surface area contributed by atoms with Crippen LogP contribution in [0, 0.1) is 6.92 Å². The third-order valence-corrected chi connectivity index (χ3v) is 6.38. The van der Waals surface area contributed by atoms with Gasteiger partial charge in [-0.1, -0.05) is 42.5 Å². The molecule has 3 aromatic carbocycles. The van der Waals surface area contributed by atoms with Crippen LogP contribution in [0.1, 0.15) is 11.1 Å². The number of aromatic nitrogens is 1. The lowest BCUT2D eigenvalue weighted by Crippen LogP contribution is -2.38. The monoisotopic (exact) mass is 537 g/mol. The standard InChI is InChI=1S/C30H27N5O5/c1-19-8-7-9-21(14-19)31-27(36)17-34-16-20(22-10-3-5-12-25(22)34)15-24-29(38)35(30(39)33-24)18-28(37)32-23-11-4-6-13-26(23)40-2/h3-16H,17-18H2,1-2H3,(H,31,36)(H,32,37)(H,33,39)/b24-15+. The number of para-hydroxylation sites is 3. The lowest BCUT2D eigenvalue weighted by atomic mass is 10.1. The van der Waals surface area contributed by atoms with Gasteiger partial charge in [-0.2, -0.15) is 0 Å². The Bertz CT molecular complexity index is 1670. The number of carbonyl (C=O) groups excluding carboxylic acids is 4. The van der Waals surface area contributed by atoms with Crippen LogP contribution in [0.3, 0.4) is 0 Å². The molecule has 10 nitrogen and oxygen atoms in total. The molecular formula is C30H27N5O5. The van der Waals surface area contributed by atoms with Crippen LogP contribution in [0.5, 0.6) is 5.75 Å². The van der Waals surface area contributed by atoms with Gasteiger partial charge in [-0.05, 0) is 48.9 Å². The van der Waals surface area contributed by atoms with Gasteiger partial charge in [-0.15, -0.1) is 0 Å². The molecule has 0 bridgehead atoms. The van der Waals surface area contributed by atoms with Gasteiger partial charge in [0.15, 0.2) is 0 Å². The first-order chi connectivity index (χ1) is 19.3. The SMILES string of the molecule is COc1ccccc1NC(=O)CN1C(=O)N/C(=C/c2cn(CC(=O)Nc3cccc(C)c3)c3ccccc23)C1=O. The van der Waals surface area contributed by atoms with Crippen LogP contribution in [-0.2, 0) is 20.9 Å². The molecule has 2 heterocycles. The number of benzene rings is 3. The zero-order chi connectivity index (χ0) is 28.2. The number of amides is 5. The lowest BCUT2D eigenvalue weighted by molar-refractivity contribution is -0.127. The first-order valence-corrected chi connectivity index (χ1v) is 12.5. The van der Waals surface area contributed by atoms with Crippen molar-refractivity contribution in [2.75, 3.05) is 24.3 Å². The minimum atomic E-state index is -0.701. The van der Waals surface area contributed by atoms with E-state index in [2.05, 4.69) is 16.0 Å². The van der Waals surface area contributed by atoms with Gasteiger partial charge in [-0.3, -0.25) is 14.4 Å². The molecule has 1 aliphatic heterocycles. The average Bonchev–Trinajstić information content (AvgIpc) is 3.40. The summed E-state index contributed by atoms with van der Waals surface area (Å²) in [5.41, 5.74) is 3.63. The molecule has 1 aromatic heterocycles. The molecule has 0 radical (unpaired) electrons. The second-order valence-electron chi connectivity index (χ2n) is 9.28. The summed E-state index contributed by atoms with van der Waals surface area (Å²) in [7, 11) is 1.48. The molecule has 0 spiro atoms. The number of methoxy groups -OCH3 is 1. The van der Waals surface area contributed by atoms with E-state index in [1.165, 1.54) is 7.11 Å². The van der Waals surface area contributed by atoms with Crippen LogP contribution in [0.2, 0.25) is 0 Å². The van der Waals surface area contributed by atoms with Crippen LogP contribution in [0.4, 0.5) is 16.2 Å². The summed E-state index contributed by atoms with van der Waals surface area (Å²) in [5.74, 6) is -0.930. The summed E-state index contributed by atoms with van der Waals surface area (Å²) in [5, 5.41) is 8.91. The van der Waals surface area contributed by atoms with Crippen LogP contribution in [0.25, 0.3) is 17.0 Å². The van der Waals surface area contributed by atoms with Gasteiger partial charge < -0.3 is 25.3 Å². The molecule has 5 rings (SSSR count). The van der Waals surface area contributed by atoms with Gasteiger partial charge in [0.05, 0.1) is 12.8 Å². The van der Waals surface area contributed by atoms with Gasteiger partial charge in [0.1, 0.15) is 24.5 Å². The number of urea groups is 1. The number of anilines is 2. The third-order valence-electron chi connectivity index (χ3n) is 6.38. The number of imide groups is 1. The van der Waals surface area contributed by atoms with Crippen molar-refractivity contribution < 1.29 is 23.9 Å². The Labute approximate surface area is 230 Å². The zero-order valence-electron chi connectivity index (χ0n) is 21.9. The Kier molecular flexibility index (Phi) is 7.32. The number of carbonyl (C=O) groups is 4. The van der Waals surface area contributed by atoms with Crippen LogP contribution >= 0.6 is 0 Å². The zero-order valence-corrected chi connectivity index (χ0v) is 21.9. The molecule has 1 aliphatic rings. The fourth-order valence-electron chi connectivity index (χ4n) is 4.55. The summed E-state index contributed by atoms with van der Waals surface area (Å²) in [6, 6.07) is 21.1. The highest BCUT2D eigenvalue weighted by Crippen LogP contribution is 2.26. The van der Waals surface area contributed by atoms with Gasteiger partial charge >= 0.3 is 6.03 Å². The maximum absolute atomic E-state index is 13.1. The molecule has 5 amide bonds. The van der Waals surface area contributed by atoms with E-state index in [4.69, 9.17) is 4.74 Å². The summed E-state index contributed by atoms with van der Waals surface area (Å²) < 4.78 is 7.01. The van der Waals surface area contributed by atoms with E-state index in [9.17, 15) is 19.2 Å². The number of nitrogens with one attached hydrogen (secondary N) is 3. The summed E-state index contributed by atoms with van der Waals surface area (Å²) in [4.78, 5) is 51.9. The van der Waals surface area contributed by atoms with Gasteiger partial charge in [0.2, 0.25) is 11.8 Å². The van der Waals surface area contributed by atoms with E-state index >= 15 is 0 Å². The second-order valence-corrected chi connectivity index (χ2v) is 9.28. The number of hydrogen-bond acceptors (Lipinski definition) is 5. The largest absolute Gasteiger partial charge is 0.495 e. The first kappa shape index (κ1) is 26.2. The van der Waals surface area contributed by atoms with Crippen molar-refractivity contribution in [3.05, 3.63) is 95.8 Å². The minimum Gasteiger partial charge on any atom is -0.495 e. The normalized spacial score (nSPS) is 13.9. The number of aryl methyl sites for hydroxylation is 1. The Morgan fingerprint density at radius 2 is 1.68 bits per heavy atom. The Balaban J connectivity index is 1.33. The fourth-order valence-corrected chi connectivity index (χ4v) is 4.55. The highest BCUT2D eigenvalue weighted by molar-refractivity contribution is 6.16. The van der Waals surface area contributed by atoms with Gasteiger partial charge in [0, 0.05) is 28.4 Å². The highest BCUT2D eigenvalue weighted by atomic mass is 16.5. The molecule has 40 heavy (non-hydrogen) atoms. The van der Waals surface area contributed by atoms with E-state index < -0.39 is 24.4 Å². The molecule has 0 unspecified atom stereocenters. The van der Waals surface area contributed by atoms with Crippen LogP contribution < -0.4 is 20.7 Å². The third kappa shape index (κ3) is 5.56. The molecule has 0 atom stereocenters. The second kappa shape index (κ2) is 11.2. The molecule has 4 aromatic rings. The molecule has 1 fully saturated rings. The number of fused-ring (bicyclic) bond motifs is 1. The van der Waals surface area contributed by atoms with Crippen molar-refractivity contribution in [1.82, 2.24) is 14.8 Å². The van der Waals surface area contributed by atoms with E-state index in [0.717, 1.165) is 21.4 Å². The summed E-state index contributed by atoms with van der Waals surface area (Å²) >= 11 is 0. The van der Waals surface area contributed by atoms with E-state index in [-0.39, 0.29) is 18.1 Å². The Morgan fingerprint density at radius 3 is 2.48 bits per heavy atom. The topological polar surface area (TPSA) is 122 Å². The summed E-state index contributed by atoms with van der Waals surface area (Å²) in [6.45, 7) is 1.53. The average molecular weight is 538 g/mol. The maximum Gasteiger partial charge on any atom is 0.329 e. The number of rotatable bonds is 8. The van der Waals surface area contributed by atoms with Crippen molar-refractivity contribution >= 4 is 52.1 Å². The molecule has 10 heteroatoms. The van der Waals surface area contributed by atoms with Crippen molar-refractivity contribution in [2.45, 2.75) is 13.5 Å². The predicted molar refractivity (Wildman–Crippen MR) is 152 cm³/mol. The van der Waals surface area contributed by atoms with Crippen molar-refractivity contribution in [1.29, 1.82) is 0 Å². The smallest absolute Gasteiger partial charge is 0.329 e. The van der Waals surface area contributed by atoms with Crippen molar-refractivity contribution in [3.8, 4) is 5.75 Å². The number of ether oxygens (including phenoxy) is 1. The highest BCUT2D eigenvalue weighted by Gasteiger charge is 2.35. The minimum absolute atomic E-state index is 0.0298. The molecule has 3 N–H and O–H groups in total. The number of nitrogens with zero attached hydrogens (tertiary/aromatic N) is 2. The molecule has 202 valence electrons. The van der Waals surface area contributed by atoms with Crippen molar-refractivity contribution in [3.63, 3.8) is 0 Å². The van der Waals surface area contributed by atoms with E-state index in [0.29, 0.717) is 22.7 Å². The predicted octanol–water partition coefficient (Wildman–Crippen LogP) is 4.13. The van der Waals surface area contributed by atoms with E-state index in [1.807, 2.05) is 55.5 Å². The van der Waals surface area contributed by atoms with E-state index in [1.54, 1.807) is 41.1 Å². The fraction of sp³-hybridized carbons (Fsp3) is 0.133. The molecule has 0 aliphatic carbocycles. The van der Waals surface area contributed by atoms with Crippen LogP contribution in [0.15, 0.2) is 84.7 Å². The summed E-state index contributed by atoms with van der Waals surface area (Å²) in [6.07, 6.45) is 3.31.